The van der Waals surface area contributed by atoms with Gasteiger partial charge < -0.3 is 9.84 Å². The van der Waals surface area contributed by atoms with E-state index in [4.69, 9.17) is 5.11 Å². The molecule has 0 spiro atoms. The lowest BCUT2D eigenvalue weighted by Crippen LogP contribution is -1.99. The van der Waals surface area contributed by atoms with Gasteiger partial charge in [-0.15, -0.1) is 0 Å². The Balaban J connectivity index is 3.06. The van der Waals surface area contributed by atoms with Crippen molar-refractivity contribution in [2.75, 3.05) is 7.11 Å². The van der Waals surface area contributed by atoms with Crippen LogP contribution >= 0.6 is 0 Å². The van der Waals surface area contributed by atoms with Crippen molar-refractivity contribution in [3.05, 3.63) is 0 Å². The van der Waals surface area contributed by atoms with Gasteiger partial charge in [0, 0.05) is 12.8 Å². The fourth-order valence-electron chi connectivity index (χ4n) is 7.01. The van der Waals surface area contributed by atoms with E-state index < -0.39 is 5.97 Å². The van der Waals surface area contributed by atoms with Crippen molar-refractivity contribution in [3.63, 3.8) is 0 Å². The molecule has 0 aromatic heterocycles. The van der Waals surface area contributed by atoms with Gasteiger partial charge in [0.15, 0.2) is 0 Å². The van der Waals surface area contributed by atoms with Gasteiger partial charge in [0.05, 0.1) is 7.11 Å². The molecule has 4 nitrogen and oxygen atoms in total. The second-order valence-electron chi connectivity index (χ2n) is 14.9. The first-order chi connectivity index (χ1) is 23.2. The smallest absolute Gasteiger partial charge is 0.305 e. The largest absolute Gasteiger partial charge is 0.481 e. The molecular formula is C43H84O4. The first-order valence-electron chi connectivity index (χ1n) is 21.5. The number of esters is 1. The number of ether oxygens (including phenoxy) is 1. The average molecular weight is 665 g/mol. The summed E-state index contributed by atoms with van der Waals surface area (Å²) < 4.78 is 4.69. The number of hydrogen-bond donors (Lipinski definition) is 1. The number of hydrogen-bond acceptors (Lipinski definition) is 3. The van der Waals surface area contributed by atoms with E-state index in [-0.39, 0.29) is 5.97 Å². The van der Waals surface area contributed by atoms with E-state index in [2.05, 4.69) is 4.74 Å². The normalized spacial score (nSPS) is 11.3. The lowest BCUT2D eigenvalue weighted by Gasteiger charge is -2.05. The summed E-state index contributed by atoms with van der Waals surface area (Å²) >= 11 is 0. The third kappa shape index (κ3) is 42.9. The Bertz CT molecular complexity index is 619. The molecule has 0 aliphatic rings. The molecule has 0 radical (unpaired) electrons. The molecule has 47 heavy (non-hydrogen) atoms. The molecule has 0 aromatic carbocycles. The summed E-state index contributed by atoms with van der Waals surface area (Å²) in [7, 11) is 1.48. The predicted octanol–water partition coefficient (Wildman–Crippen LogP) is 14.8. The van der Waals surface area contributed by atoms with Gasteiger partial charge in [0.2, 0.25) is 0 Å². The van der Waals surface area contributed by atoms with Crippen LogP contribution in [0, 0.1) is 0 Å². The van der Waals surface area contributed by atoms with E-state index in [1.807, 2.05) is 0 Å². The first kappa shape index (κ1) is 45.9. The van der Waals surface area contributed by atoms with E-state index in [0.717, 1.165) is 19.3 Å². The predicted molar refractivity (Wildman–Crippen MR) is 204 cm³/mol. The molecule has 0 aromatic rings. The molecule has 0 bridgehead atoms. The van der Waals surface area contributed by atoms with Gasteiger partial charge >= 0.3 is 11.9 Å². The minimum Gasteiger partial charge on any atom is -0.481 e. The highest BCUT2D eigenvalue weighted by atomic mass is 16.5. The van der Waals surface area contributed by atoms with Crippen molar-refractivity contribution in [2.24, 2.45) is 0 Å². The molecule has 0 saturated heterocycles. The van der Waals surface area contributed by atoms with E-state index in [0.29, 0.717) is 12.8 Å². The lowest BCUT2D eigenvalue weighted by atomic mass is 10.0. The average Bonchev–Trinajstić information content (AvgIpc) is 3.07. The van der Waals surface area contributed by atoms with Crippen molar-refractivity contribution in [3.8, 4) is 0 Å². The van der Waals surface area contributed by atoms with Gasteiger partial charge in [-0.3, -0.25) is 9.59 Å². The van der Waals surface area contributed by atoms with Crippen LogP contribution in [0.1, 0.15) is 257 Å². The lowest BCUT2D eigenvalue weighted by molar-refractivity contribution is -0.141. The van der Waals surface area contributed by atoms with Gasteiger partial charge in [0.1, 0.15) is 0 Å². The fraction of sp³-hybridized carbons (Fsp3) is 0.953. The molecule has 0 unspecified atom stereocenters. The summed E-state index contributed by atoms with van der Waals surface area (Å²) in [6.07, 6.45) is 53.2. The fourth-order valence-corrected chi connectivity index (χ4v) is 7.01. The third-order valence-electron chi connectivity index (χ3n) is 10.2. The zero-order valence-electron chi connectivity index (χ0n) is 32.0. The number of methoxy groups -OCH3 is 1. The quantitative estimate of drug-likeness (QED) is 0.0522. The van der Waals surface area contributed by atoms with E-state index in [1.54, 1.807) is 0 Å². The van der Waals surface area contributed by atoms with E-state index >= 15 is 0 Å². The molecule has 0 heterocycles. The molecule has 280 valence electrons. The van der Waals surface area contributed by atoms with E-state index in [9.17, 15) is 9.59 Å². The van der Waals surface area contributed by atoms with Crippen LogP contribution in [0.3, 0.4) is 0 Å². The number of unbranched alkanes of at least 4 members (excludes halogenated alkanes) is 37. The van der Waals surface area contributed by atoms with Crippen molar-refractivity contribution < 1.29 is 19.4 Å². The second-order valence-corrected chi connectivity index (χ2v) is 14.9. The Kier molecular flexibility index (Phi) is 40.2. The van der Waals surface area contributed by atoms with Crippen LogP contribution in [-0.2, 0) is 14.3 Å². The molecule has 0 amide bonds. The zero-order valence-corrected chi connectivity index (χ0v) is 32.0. The minimum absolute atomic E-state index is 0.0638. The van der Waals surface area contributed by atoms with Crippen LogP contribution in [0.2, 0.25) is 0 Å². The number of carbonyl (C=O) groups excluding carboxylic acids is 1. The van der Waals surface area contributed by atoms with Gasteiger partial charge in [-0.2, -0.15) is 0 Å². The molecule has 4 heteroatoms. The Morgan fingerprint density at radius 3 is 0.596 bits per heavy atom. The van der Waals surface area contributed by atoms with Crippen molar-refractivity contribution >= 4 is 11.9 Å². The van der Waals surface area contributed by atoms with Crippen LogP contribution in [0.25, 0.3) is 0 Å². The molecule has 0 aliphatic carbocycles. The molecule has 0 aliphatic heterocycles. The van der Waals surface area contributed by atoms with Gasteiger partial charge in [-0.05, 0) is 12.8 Å². The standard InChI is InChI=1S/C43H84O4/c1-47-43(46)41-39-37-35-33-31-29-27-25-23-21-19-17-15-13-11-9-7-5-3-2-4-6-8-10-12-14-16-18-20-22-24-26-28-30-32-34-36-38-40-42(44)45/h2-41H2,1H3,(H,44,45). The molecule has 0 atom stereocenters. The van der Waals surface area contributed by atoms with Crippen molar-refractivity contribution in [1.82, 2.24) is 0 Å². The maximum absolute atomic E-state index is 11.1. The summed E-state index contributed by atoms with van der Waals surface area (Å²) in [6.45, 7) is 0. The molecule has 0 rings (SSSR count). The summed E-state index contributed by atoms with van der Waals surface area (Å²) in [5.74, 6) is -0.714. The van der Waals surface area contributed by atoms with Crippen LogP contribution in [0.4, 0.5) is 0 Å². The first-order valence-corrected chi connectivity index (χ1v) is 21.5. The second kappa shape index (κ2) is 41.1. The highest BCUT2D eigenvalue weighted by molar-refractivity contribution is 5.69. The molecule has 1 N–H and O–H groups in total. The number of carboxylic acids is 1. The summed E-state index contributed by atoms with van der Waals surface area (Å²) in [5.41, 5.74) is 0. The van der Waals surface area contributed by atoms with Crippen molar-refractivity contribution in [1.29, 1.82) is 0 Å². The van der Waals surface area contributed by atoms with Crippen LogP contribution in [-0.4, -0.2) is 24.2 Å². The maximum atomic E-state index is 11.1. The highest BCUT2D eigenvalue weighted by Gasteiger charge is 2.00. The number of carbonyl (C=O) groups is 2. The van der Waals surface area contributed by atoms with Crippen molar-refractivity contribution in [2.45, 2.75) is 257 Å². The van der Waals surface area contributed by atoms with Crippen LogP contribution in [0.5, 0.6) is 0 Å². The summed E-state index contributed by atoms with van der Waals surface area (Å²) in [6, 6.07) is 0. The monoisotopic (exact) mass is 665 g/mol. The van der Waals surface area contributed by atoms with Gasteiger partial charge in [0.25, 0.3) is 0 Å². The zero-order chi connectivity index (χ0) is 34.1. The van der Waals surface area contributed by atoms with Crippen LogP contribution in [0.15, 0.2) is 0 Å². The topological polar surface area (TPSA) is 63.6 Å². The molecular weight excluding hydrogens is 580 g/mol. The highest BCUT2D eigenvalue weighted by Crippen LogP contribution is 2.17. The number of carboxylic acid groups (broad SMARTS) is 1. The Labute approximate surface area is 294 Å². The Morgan fingerprint density at radius 2 is 0.447 bits per heavy atom. The number of rotatable bonds is 41. The summed E-state index contributed by atoms with van der Waals surface area (Å²) in [5, 5.41) is 8.65. The molecule has 0 fully saturated rings. The maximum Gasteiger partial charge on any atom is 0.305 e. The minimum atomic E-state index is -0.651. The van der Waals surface area contributed by atoms with Gasteiger partial charge in [-0.25, -0.2) is 0 Å². The summed E-state index contributed by atoms with van der Waals surface area (Å²) in [4.78, 5) is 21.6. The Morgan fingerprint density at radius 1 is 0.298 bits per heavy atom. The third-order valence-corrected chi connectivity index (χ3v) is 10.2. The Hall–Kier alpha value is -1.06. The SMILES string of the molecule is COC(=O)CCCCCCCCCCCCCCCCCCCCCCCCCCCCCCCCCCCCCCCCC(=O)O. The van der Waals surface area contributed by atoms with Gasteiger partial charge in [-0.1, -0.05) is 231 Å². The number of aliphatic carboxylic acids is 1. The molecule has 0 saturated carbocycles. The van der Waals surface area contributed by atoms with E-state index in [1.165, 1.54) is 232 Å². The van der Waals surface area contributed by atoms with Crippen LogP contribution < -0.4 is 0 Å².